The number of rotatable bonds is 2. The molecule has 8 heteroatoms. The van der Waals surface area contributed by atoms with Gasteiger partial charge >= 0.3 is 6.09 Å². The molecule has 1 amide bonds. The Balaban J connectivity index is 1.42. The van der Waals surface area contributed by atoms with Gasteiger partial charge in [0, 0.05) is 49.0 Å². The second-order valence-corrected chi connectivity index (χ2v) is 9.44. The van der Waals surface area contributed by atoms with Crippen molar-refractivity contribution in [2.24, 2.45) is 0 Å². The van der Waals surface area contributed by atoms with Crippen molar-refractivity contribution in [1.29, 1.82) is 0 Å². The molecule has 0 radical (unpaired) electrons. The Labute approximate surface area is 179 Å². The van der Waals surface area contributed by atoms with Crippen molar-refractivity contribution in [2.75, 3.05) is 31.1 Å². The molecule has 4 heterocycles. The van der Waals surface area contributed by atoms with E-state index in [0.29, 0.717) is 13.1 Å². The number of fused-ring (bicyclic) bond motifs is 1. The first-order chi connectivity index (χ1) is 13.8. The van der Waals surface area contributed by atoms with Crippen LogP contribution in [0.1, 0.15) is 20.8 Å². The number of piperazine rings is 1. The molecule has 0 spiro atoms. The summed E-state index contributed by atoms with van der Waals surface area (Å²) in [5, 5.41) is 0.721. The van der Waals surface area contributed by atoms with E-state index in [1.54, 1.807) is 22.4 Å². The van der Waals surface area contributed by atoms with Crippen LogP contribution in [0, 0.1) is 0 Å². The average Bonchev–Trinajstić information content (AvgIpc) is 3.13. The third-order valence-electron chi connectivity index (χ3n) is 4.65. The van der Waals surface area contributed by atoms with Crippen LogP contribution in [0.25, 0.3) is 20.7 Å². The van der Waals surface area contributed by atoms with E-state index < -0.39 is 5.60 Å². The van der Waals surface area contributed by atoms with Crippen LogP contribution in [0.3, 0.4) is 0 Å². The molecule has 0 aliphatic carbocycles. The molecule has 152 valence electrons. The number of aromatic nitrogens is 2. The molecular formula is C21H23ClN4O2S. The molecule has 0 N–H and O–H groups in total. The van der Waals surface area contributed by atoms with Gasteiger partial charge in [-0.05, 0) is 45.0 Å². The number of hydrogen-bond acceptors (Lipinski definition) is 6. The number of carbonyl (C=O) groups excluding carboxylic acids is 1. The molecular weight excluding hydrogens is 408 g/mol. The molecule has 1 fully saturated rings. The quantitative estimate of drug-likeness (QED) is 0.568. The smallest absolute Gasteiger partial charge is 0.410 e. The summed E-state index contributed by atoms with van der Waals surface area (Å²) in [7, 11) is 0. The van der Waals surface area contributed by atoms with Crippen LogP contribution in [-0.2, 0) is 4.74 Å². The second-order valence-electron chi connectivity index (χ2n) is 7.98. The summed E-state index contributed by atoms with van der Waals surface area (Å²) in [6.45, 7) is 8.35. The number of amides is 1. The van der Waals surface area contributed by atoms with Crippen molar-refractivity contribution in [3.05, 3.63) is 41.7 Å². The average molecular weight is 431 g/mol. The first-order valence-corrected chi connectivity index (χ1v) is 10.7. The number of halogens is 1. The monoisotopic (exact) mass is 430 g/mol. The van der Waals surface area contributed by atoms with E-state index in [1.807, 2.05) is 45.2 Å². The Morgan fingerprint density at radius 2 is 1.90 bits per heavy atom. The minimum atomic E-state index is -0.474. The Morgan fingerprint density at radius 1 is 1.14 bits per heavy atom. The number of nitrogens with zero attached hydrogens (tertiary/aromatic N) is 4. The molecule has 4 rings (SSSR count). The normalized spacial score (nSPS) is 15.0. The van der Waals surface area contributed by atoms with Gasteiger partial charge in [0.05, 0.1) is 15.2 Å². The zero-order valence-corrected chi connectivity index (χ0v) is 18.3. The van der Waals surface area contributed by atoms with Crippen LogP contribution >= 0.6 is 22.9 Å². The van der Waals surface area contributed by atoms with E-state index in [4.69, 9.17) is 16.3 Å². The summed E-state index contributed by atoms with van der Waals surface area (Å²) in [4.78, 5) is 26.3. The molecule has 0 aromatic carbocycles. The van der Waals surface area contributed by atoms with E-state index in [-0.39, 0.29) is 6.09 Å². The number of pyridine rings is 2. The van der Waals surface area contributed by atoms with Crippen LogP contribution in [0.15, 0.2) is 36.7 Å². The van der Waals surface area contributed by atoms with Crippen molar-refractivity contribution in [2.45, 2.75) is 26.4 Å². The van der Waals surface area contributed by atoms with Crippen molar-refractivity contribution in [1.82, 2.24) is 14.9 Å². The fourth-order valence-electron chi connectivity index (χ4n) is 3.21. The molecule has 3 aromatic heterocycles. The lowest BCUT2D eigenvalue weighted by Crippen LogP contribution is -2.50. The number of ether oxygens (including phenoxy) is 1. The van der Waals surface area contributed by atoms with E-state index in [9.17, 15) is 4.79 Å². The van der Waals surface area contributed by atoms with Crippen molar-refractivity contribution in [3.8, 4) is 10.4 Å². The van der Waals surface area contributed by atoms with Gasteiger partial charge in [-0.15, -0.1) is 11.3 Å². The van der Waals surface area contributed by atoms with E-state index >= 15 is 0 Å². The summed E-state index contributed by atoms with van der Waals surface area (Å²) in [5.41, 5.74) is 1.47. The molecule has 1 aliphatic rings. The molecule has 0 unspecified atom stereocenters. The molecule has 1 saturated heterocycles. The van der Waals surface area contributed by atoms with Gasteiger partial charge in [-0.25, -0.2) is 9.78 Å². The Morgan fingerprint density at radius 3 is 2.52 bits per heavy atom. The third-order valence-corrected chi connectivity index (χ3v) is 6.29. The summed E-state index contributed by atoms with van der Waals surface area (Å²) in [6, 6.07) is 7.95. The van der Waals surface area contributed by atoms with Gasteiger partial charge in [0.15, 0.2) is 0 Å². The Kier molecular flexibility index (Phi) is 5.36. The maximum Gasteiger partial charge on any atom is 0.410 e. The first kappa shape index (κ1) is 19.9. The summed E-state index contributed by atoms with van der Waals surface area (Å²) in [6.07, 6.45) is 3.35. The zero-order chi connectivity index (χ0) is 20.6. The fourth-order valence-corrected chi connectivity index (χ4v) is 4.49. The van der Waals surface area contributed by atoms with E-state index in [0.717, 1.165) is 44.6 Å². The standard InChI is InChI=1S/C21H23ClN4O2S/c1-21(2,3)28-20(27)26-10-8-25(9-11-26)18-5-4-14(13-24-18)17-12-16-19(29-17)15(22)6-7-23-16/h4-7,12-13H,8-11H2,1-3H3. The van der Waals surface area contributed by atoms with Crippen molar-refractivity contribution < 1.29 is 9.53 Å². The number of anilines is 1. The van der Waals surface area contributed by atoms with Crippen LogP contribution in [-0.4, -0.2) is 52.7 Å². The maximum absolute atomic E-state index is 12.2. The highest BCUT2D eigenvalue weighted by Gasteiger charge is 2.26. The lowest BCUT2D eigenvalue weighted by molar-refractivity contribution is 0.0240. The van der Waals surface area contributed by atoms with Gasteiger partial charge in [-0.3, -0.25) is 4.98 Å². The Bertz CT molecular complexity index is 1020. The fraction of sp³-hybridized carbons (Fsp3) is 0.381. The lowest BCUT2D eigenvalue weighted by Gasteiger charge is -2.36. The molecule has 0 saturated carbocycles. The first-order valence-electron chi connectivity index (χ1n) is 9.53. The molecule has 29 heavy (non-hydrogen) atoms. The van der Waals surface area contributed by atoms with Gasteiger partial charge in [0.25, 0.3) is 0 Å². The van der Waals surface area contributed by atoms with Crippen LogP contribution < -0.4 is 4.90 Å². The van der Waals surface area contributed by atoms with E-state index in [2.05, 4.69) is 20.9 Å². The predicted octanol–water partition coefficient (Wildman–Crippen LogP) is 5.07. The molecule has 1 aliphatic heterocycles. The highest BCUT2D eigenvalue weighted by atomic mass is 35.5. The molecule has 0 bridgehead atoms. The third kappa shape index (κ3) is 4.46. The zero-order valence-electron chi connectivity index (χ0n) is 16.7. The highest BCUT2D eigenvalue weighted by molar-refractivity contribution is 7.22. The van der Waals surface area contributed by atoms with Gasteiger partial charge in [0.2, 0.25) is 0 Å². The van der Waals surface area contributed by atoms with Crippen LogP contribution in [0.2, 0.25) is 5.02 Å². The largest absolute Gasteiger partial charge is 0.444 e. The molecule has 3 aromatic rings. The van der Waals surface area contributed by atoms with Crippen molar-refractivity contribution >= 4 is 45.1 Å². The Hall–Kier alpha value is -2.38. The van der Waals surface area contributed by atoms with Gasteiger partial charge in [0.1, 0.15) is 11.4 Å². The van der Waals surface area contributed by atoms with Crippen LogP contribution in [0.5, 0.6) is 0 Å². The van der Waals surface area contributed by atoms with Gasteiger partial charge < -0.3 is 14.5 Å². The highest BCUT2D eigenvalue weighted by Crippen LogP contribution is 2.36. The van der Waals surface area contributed by atoms with E-state index in [1.165, 1.54) is 0 Å². The summed E-state index contributed by atoms with van der Waals surface area (Å²) in [5.74, 6) is 0.912. The minimum absolute atomic E-state index is 0.252. The number of thiophene rings is 1. The summed E-state index contributed by atoms with van der Waals surface area (Å²) < 4.78 is 6.45. The minimum Gasteiger partial charge on any atom is -0.444 e. The summed E-state index contributed by atoms with van der Waals surface area (Å²) >= 11 is 7.89. The number of carbonyl (C=O) groups is 1. The van der Waals surface area contributed by atoms with Gasteiger partial charge in [-0.1, -0.05) is 11.6 Å². The molecule has 6 nitrogen and oxygen atoms in total. The maximum atomic E-state index is 12.2. The predicted molar refractivity (Wildman–Crippen MR) is 118 cm³/mol. The SMILES string of the molecule is CC(C)(C)OC(=O)N1CCN(c2ccc(-c3cc4nccc(Cl)c4s3)cn2)CC1. The van der Waals surface area contributed by atoms with Gasteiger partial charge in [-0.2, -0.15) is 0 Å². The van der Waals surface area contributed by atoms with Crippen LogP contribution in [0.4, 0.5) is 10.6 Å². The number of hydrogen-bond donors (Lipinski definition) is 0. The molecule has 0 atom stereocenters. The van der Waals surface area contributed by atoms with Crippen molar-refractivity contribution in [3.63, 3.8) is 0 Å². The topological polar surface area (TPSA) is 58.6 Å². The lowest BCUT2D eigenvalue weighted by atomic mass is 10.2. The second kappa shape index (κ2) is 7.80.